The van der Waals surface area contributed by atoms with Gasteiger partial charge in [-0.25, -0.2) is 4.68 Å². The van der Waals surface area contributed by atoms with Gasteiger partial charge in [-0.1, -0.05) is 18.2 Å². The highest BCUT2D eigenvalue weighted by molar-refractivity contribution is 6.05. The number of nitrogens with one attached hydrogen (secondary N) is 1. The monoisotopic (exact) mass is 428 g/mol. The van der Waals surface area contributed by atoms with Crippen LogP contribution < -0.4 is 10.2 Å². The fourth-order valence-corrected chi connectivity index (χ4v) is 3.59. The molecular weight excluding hydrogens is 409 g/mol. The Morgan fingerprint density at radius 3 is 2.58 bits per heavy atom. The number of hydrogen-bond donors (Lipinski definition) is 1. The number of halogens is 3. The summed E-state index contributed by atoms with van der Waals surface area (Å²) < 4.78 is 41.5. The molecule has 3 aromatic rings. The zero-order chi connectivity index (χ0) is 22.2. The lowest BCUT2D eigenvalue weighted by atomic mass is 10.1. The summed E-state index contributed by atoms with van der Waals surface area (Å²) in [6.45, 7) is 2.21. The molecule has 0 saturated carbocycles. The predicted octanol–water partition coefficient (Wildman–Crippen LogP) is 4.58. The summed E-state index contributed by atoms with van der Waals surface area (Å²) in [4.78, 5) is 26.5. The quantitative estimate of drug-likeness (QED) is 0.662. The van der Waals surface area contributed by atoms with Gasteiger partial charge in [0.2, 0.25) is 5.91 Å². The van der Waals surface area contributed by atoms with Crippen LogP contribution in [0.5, 0.6) is 0 Å². The summed E-state index contributed by atoms with van der Waals surface area (Å²) in [6, 6.07) is 13.1. The van der Waals surface area contributed by atoms with E-state index in [9.17, 15) is 22.8 Å². The van der Waals surface area contributed by atoms with Gasteiger partial charge in [0.25, 0.3) is 5.91 Å². The van der Waals surface area contributed by atoms with E-state index < -0.39 is 17.6 Å². The third kappa shape index (κ3) is 4.16. The van der Waals surface area contributed by atoms with Crippen molar-refractivity contribution in [2.75, 3.05) is 16.8 Å². The Morgan fingerprint density at radius 1 is 1.10 bits per heavy atom. The molecule has 4 rings (SSSR count). The number of benzene rings is 2. The van der Waals surface area contributed by atoms with E-state index in [1.54, 1.807) is 36.1 Å². The molecule has 9 heteroatoms. The van der Waals surface area contributed by atoms with Crippen LogP contribution in [-0.4, -0.2) is 28.1 Å². The molecule has 0 radical (unpaired) electrons. The molecule has 2 aromatic carbocycles. The van der Waals surface area contributed by atoms with E-state index >= 15 is 0 Å². The molecule has 1 fully saturated rings. The second kappa shape index (κ2) is 7.90. The molecule has 2 heterocycles. The van der Waals surface area contributed by atoms with Crippen molar-refractivity contribution in [2.45, 2.75) is 25.9 Å². The molecular formula is C22H19F3N4O2. The number of amides is 2. The van der Waals surface area contributed by atoms with E-state index in [1.807, 2.05) is 0 Å². The van der Waals surface area contributed by atoms with Gasteiger partial charge in [-0.05, 0) is 43.7 Å². The molecule has 0 atom stereocenters. The highest BCUT2D eigenvalue weighted by Crippen LogP contribution is 2.34. The molecule has 0 unspecified atom stereocenters. The van der Waals surface area contributed by atoms with E-state index in [0.717, 1.165) is 17.2 Å². The number of hydrogen-bond acceptors (Lipinski definition) is 3. The van der Waals surface area contributed by atoms with Gasteiger partial charge < -0.3 is 10.2 Å². The summed E-state index contributed by atoms with van der Waals surface area (Å²) in [5, 5.41) is 6.79. The van der Waals surface area contributed by atoms with Crippen molar-refractivity contribution >= 4 is 23.3 Å². The molecule has 2 amide bonds. The van der Waals surface area contributed by atoms with Crippen molar-refractivity contribution in [1.82, 2.24) is 9.78 Å². The normalized spacial score (nSPS) is 14.2. The van der Waals surface area contributed by atoms with Crippen LogP contribution >= 0.6 is 0 Å². The Hall–Kier alpha value is -3.62. The van der Waals surface area contributed by atoms with Crippen molar-refractivity contribution < 1.29 is 22.8 Å². The van der Waals surface area contributed by atoms with Crippen LogP contribution in [0.1, 0.15) is 34.5 Å². The Kier molecular flexibility index (Phi) is 5.26. The van der Waals surface area contributed by atoms with Gasteiger partial charge in [0, 0.05) is 30.3 Å². The second-order valence-corrected chi connectivity index (χ2v) is 7.25. The van der Waals surface area contributed by atoms with E-state index in [0.29, 0.717) is 24.3 Å². The lowest BCUT2D eigenvalue weighted by molar-refractivity contribution is -0.137. The van der Waals surface area contributed by atoms with Crippen LogP contribution in [0, 0.1) is 6.92 Å². The van der Waals surface area contributed by atoms with E-state index in [-0.39, 0.29) is 23.0 Å². The summed E-state index contributed by atoms with van der Waals surface area (Å²) in [5.41, 5.74) is 0.301. The van der Waals surface area contributed by atoms with Crippen LogP contribution in [0.15, 0.2) is 54.6 Å². The summed E-state index contributed by atoms with van der Waals surface area (Å²) in [5.74, 6) is -0.406. The van der Waals surface area contributed by atoms with E-state index in [1.165, 1.54) is 24.3 Å². The topological polar surface area (TPSA) is 67.2 Å². The van der Waals surface area contributed by atoms with Crippen molar-refractivity contribution in [3.63, 3.8) is 0 Å². The number of aryl methyl sites for hydroxylation is 1. The Bertz CT molecular complexity index is 1150. The average molecular weight is 428 g/mol. The lowest BCUT2D eigenvalue weighted by Crippen LogP contribution is -2.24. The van der Waals surface area contributed by atoms with Gasteiger partial charge in [0.1, 0.15) is 5.82 Å². The molecule has 160 valence electrons. The highest BCUT2D eigenvalue weighted by atomic mass is 19.4. The van der Waals surface area contributed by atoms with E-state index in [4.69, 9.17) is 0 Å². The fraction of sp³-hybridized carbons (Fsp3) is 0.227. The minimum Gasteiger partial charge on any atom is -0.312 e. The van der Waals surface area contributed by atoms with Crippen molar-refractivity contribution in [2.24, 2.45) is 0 Å². The maximum absolute atomic E-state index is 13.5. The number of rotatable bonds is 4. The average Bonchev–Trinajstić information content (AvgIpc) is 3.32. The maximum Gasteiger partial charge on any atom is 0.418 e. The van der Waals surface area contributed by atoms with Gasteiger partial charge in [0.15, 0.2) is 0 Å². The number of carbonyl (C=O) groups excluding carboxylic acids is 2. The van der Waals surface area contributed by atoms with Crippen LogP contribution in [0.4, 0.5) is 24.7 Å². The summed E-state index contributed by atoms with van der Waals surface area (Å²) >= 11 is 0. The minimum atomic E-state index is -4.58. The van der Waals surface area contributed by atoms with Crippen molar-refractivity contribution in [3.05, 3.63) is 71.4 Å². The number of nitrogens with zero attached hydrogens (tertiary/aromatic N) is 3. The summed E-state index contributed by atoms with van der Waals surface area (Å²) in [6.07, 6.45) is -3.35. The number of carbonyl (C=O) groups is 2. The van der Waals surface area contributed by atoms with Crippen molar-refractivity contribution in [1.29, 1.82) is 0 Å². The molecule has 1 aliphatic heterocycles. The number of anilines is 2. The van der Waals surface area contributed by atoms with Gasteiger partial charge in [-0.15, -0.1) is 0 Å². The Balaban J connectivity index is 1.65. The molecule has 1 N–H and O–H groups in total. The van der Waals surface area contributed by atoms with Crippen LogP contribution in [0.2, 0.25) is 0 Å². The van der Waals surface area contributed by atoms with Gasteiger partial charge in [-0.2, -0.15) is 18.3 Å². The zero-order valence-electron chi connectivity index (χ0n) is 16.6. The second-order valence-electron chi connectivity index (χ2n) is 7.25. The maximum atomic E-state index is 13.5. The third-order valence-electron chi connectivity index (χ3n) is 5.00. The SMILES string of the molecule is Cc1cc(NC(=O)c2cccc(N3CCCC3=O)c2)n(-c2ccccc2C(F)(F)F)n1. The standard InChI is InChI=1S/C22H19F3N4O2/c1-14-12-19(29(27-14)18-9-3-2-8-17(18)22(23,24)25)26-21(31)15-6-4-7-16(13-15)28-11-5-10-20(28)30/h2-4,6-9,12-13H,5,10-11H2,1H3,(H,26,31). The molecule has 1 aliphatic rings. The first-order chi connectivity index (χ1) is 14.7. The minimum absolute atomic E-state index is 0.00461. The molecule has 0 spiro atoms. The molecule has 0 aliphatic carbocycles. The fourth-order valence-electron chi connectivity index (χ4n) is 3.59. The smallest absolute Gasteiger partial charge is 0.312 e. The largest absolute Gasteiger partial charge is 0.418 e. The van der Waals surface area contributed by atoms with E-state index in [2.05, 4.69) is 10.4 Å². The predicted molar refractivity (Wildman–Crippen MR) is 109 cm³/mol. The lowest BCUT2D eigenvalue weighted by Gasteiger charge is -2.17. The number of aromatic nitrogens is 2. The highest BCUT2D eigenvalue weighted by Gasteiger charge is 2.34. The first-order valence-electron chi connectivity index (χ1n) is 9.69. The molecule has 0 bridgehead atoms. The molecule has 1 saturated heterocycles. The number of alkyl halides is 3. The zero-order valence-corrected chi connectivity index (χ0v) is 16.6. The van der Waals surface area contributed by atoms with Gasteiger partial charge in [-0.3, -0.25) is 9.59 Å². The molecule has 6 nitrogen and oxygen atoms in total. The van der Waals surface area contributed by atoms with Crippen LogP contribution in [-0.2, 0) is 11.0 Å². The Labute approximate surface area is 176 Å². The van der Waals surface area contributed by atoms with Crippen LogP contribution in [0.3, 0.4) is 0 Å². The number of para-hydroxylation sites is 1. The first-order valence-corrected chi connectivity index (χ1v) is 9.69. The third-order valence-corrected chi connectivity index (χ3v) is 5.00. The van der Waals surface area contributed by atoms with Crippen molar-refractivity contribution in [3.8, 4) is 5.69 Å². The van der Waals surface area contributed by atoms with Gasteiger partial charge in [0.05, 0.1) is 16.9 Å². The molecule has 1 aromatic heterocycles. The van der Waals surface area contributed by atoms with Crippen LogP contribution in [0.25, 0.3) is 5.69 Å². The Morgan fingerprint density at radius 2 is 1.87 bits per heavy atom. The first kappa shape index (κ1) is 20.6. The summed E-state index contributed by atoms with van der Waals surface area (Å²) in [7, 11) is 0. The molecule has 31 heavy (non-hydrogen) atoms. The van der Waals surface area contributed by atoms with Gasteiger partial charge >= 0.3 is 6.18 Å².